The van der Waals surface area contributed by atoms with Crippen LogP contribution in [-0.2, 0) is 0 Å². The predicted octanol–water partition coefficient (Wildman–Crippen LogP) is 2.73. The smallest absolute Gasteiger partial charge is 0.277 e. The first-order valence-corrected chi connectivity index (χ1v) is 7.18. The average Bonchev–Trinajstić information content (AvgIpc) is 2.95. The molecule has 0 bridgehead atoms. The fraction of sp³-hybridized carbons (Fsp3) is 0.250. The van der Waals surface area contributed by atoms with Crippen LogP contribution in [0, 0.1) is 20.2 Å². The lowest BCUT2D eigenvalue weighted by Crippen LogP contribution is -2.12. The lowest BCUT2D eigenvalue weighted by atomic mass is 10.1. The minimum Gasteiger partial charge on any atom is -0.296 e. The highest BCUT2D eigenvalue weighted by Crippen LogP contribution is 2.25. The number of non-ortho nitro benzene ring substituents is 2. The van der Waals surface area contributed by atoms with Crippen LogP contribution < -0.4 is 5.32 Å². The van der Waals surface area contributed by atoms with Crippen LogP contribution in [0.4, 0.5) is 16.5 Å². The van der Waals surface area contributed by atoms with Gasteiger partial charge in [-0.25, -0.2) is 0 Å². The second-order valence-electron chi connectivity index (χ2n) is 4.81. The molecule has 1 aromatic heterocycles. The van der Waals surface area contributed by atoms with Gasteiger partial charge in [0.2, 0.25) is 5.13 Å². The van der Waals surface area contributed by atoms with E-state index in [0.717, 1.165) is 29.5 Å². The third-order valence-electron chi connectivity index (χ3n) is 2.74. The molecule has 11 heteroatoms. The molecule has 1 amide bonds. The molecule has 0 radical (unpaired) electrons. The Labute approximate surface area is 133 Å². The summed E-state index contributed by atoms with van der Waals surface area (Å²) in [6.45, 7) is 3.83. The summed E-state index contributed by atoms with van der Waals surface area (Å²) in [6, 6.07) is 2.72. The molecule has 0 saturated heterocycles. The Hall–Kier alpha value is -2.95. The molecule has 2 rings (SSSR count). The van der Waals surface area contributed by atoms with Gasteiger partial charge in [0.05, 0.1) is 21.5 Å². The van der Waals surface area contributed by atoms with Crippen molar-refractivity contribution < 1.29 is 14.6 Å². The van der Waals surface area contributed by atoms with E-state index in [9.17, 15) is 25.0 Å². The molecule has 0 fully saturated rings. The first kappa shape index (κ1) is 16.4. The molecule has 23 heavy (non-hydrogen) atoms. The molecular weight excluding hydrogens is 326 g/mol. The molecule has 0 aliphatic carbocycles. The van der Waals surface area contributed by atoms with Crippen LogP contribution in [0.25, 0.3) is 0 Å². The van der Waals surface area contributed by atoms with Gasteiger partial charge in [0.1, 0.15) is 5.01 Å². The molecule has 2 aromatic rings. The van der Waals surface area contributed by atoms with E-state index in [4.69, 9.17) is 0 Å². The van der Waals surface area contributed by atoms with E-state index >= 15 is 0 Å². The number of nitro groups is 2. The summed E-state index contributed by atoms with van der Waals surface area (Å²) in [5.41, 5.74) is -1.28. The maximum absolute atomic E-state index is 12.1. The largest absolute Gasteiger partial charge is 0.296 e. The Kier molecular flexibility index (Phi) is 4.60. The van der Waals surface area contributed by atoms with Crippen molar-refractivity contribution in [3.05, 3.63) is 49.0 Å². The van der Waals surface area contributed by atoms with E-state index < -0.39 is 27.1 Å². The summed E-state index contributed by atoms with van der Waals surface area (Å²) in [5, 5.41) is 32.7. The van der Waals surface area contributed by atoms with Gasteiger partial charge in [-0.3, -0.25) is 30.3 Å². The van der Waals surface area contributed by atoms with Gasteiger partial charge in [0.25, 0.3) is 17.3 Å². The Morgan fingerprint density at radius 2 is 1.70 bits per heavy atom. The number of nitro benzene ring substituents is 2. The van der Waals surface area contributed by atoms with E-state index in [1.54, 1.807) is 0 Å². The quantitative estimate of drug-likeness (QED) is 0.653. The number of carbonyl (C=O) groups excluding carboxylic acids is 1. The van der Waals surface area contributed by atoms with Crippen molar-refractivity contribution in [1.82, 2.24) is 10.2 Å². The van der Waals surface area contributed by atoms with E-state index in [-0.39, 0.29) is 16.6 Å². The van der Waals surface area contributed by atoms with E-state index in [2.05, 4.69) is 15.5 Å². The highest BCUT2D eigenvalue weighted by Gasteiger charge is 2.20. The maximum Gasteiger partial charge on any atom is 0.277 e. The molecule has 1 N–H and O–H groups in total. The number of carbonyl (C=O) groups is 1. The van der Waals surface area contributed by atoms with Gasteiger partial charge < -0.3 is 0 Å². The summed E-state index contributed by atoms with van der Waals surface area (Å²) in [5.74, 6) is -0.597. The third kappa shape index (κ3) is 3.83. The van der Waals surface area contributed by atoms with Crippen LogP contribution in [0.3, 0.4) is 0 Å². The zero-order chi connectivity index (χ0) is 17.1. The van der Waals surface area contributed by atoms with Gasteiger partial charge >= 0.3 is 0 Å². The first-order chi connectivity index (χ1) is 10.8. The number of rotatable bonds is 5. The number of amides is 1. The Balaban J connectivity index is 2.30. The van der Waals surface area contributed by atoms with Crippen molar-refractivity contribution in [2.45, 2.75) is 19.8 Å². The van der Waals surface area contributed by atoms with Crippen LogP contribution in [0.1, 0.15) is 35.1 Å². The monoisotopic (exact) mass is 337 g/mol. The zero-order valence-electron chi connectivity index (χ0n) is 12.0. The summed E-state index contributed by atoms with van der Waals surface area (Å²) in [6.07, 6.45) is 0. The molecule has 1 aromatic carbocycles. The highest BCUT2D eigenvalue weighted by atomic mass is 32.1. The van der Waals surface area contributed by atoms with Crippen molar-refractivity contribution in [2.75, 3.05) is 5.32 Å². The maximum atomic E-state index is 12.1. The molecule has 120 valence electrons. The van der Waals surface area contributed by atoms with Crippen molar-refractivity contribution in [3.8, 4) is 0 Å². The van der Waals surface area contributed by atoms with Gasteiger partial charge in [-0.15, -0.1) is 10.2 Å². The van der Waals surface area contributed by atoms with Gasteiger partial charge in [-0.1, -0.05) is 25.2 Å². The van der Waals surface area contributed by atoms with Crippen LogP contribution in [0.5, 0.6) is 0 Å². The standard InChI is InChI=1S/C12H11N5O5S/c1-6(2)11-14-15-12(23-11)13-10(18)7-3-8(16(19)20)5-9(4-7)17(21)22/h3-6H,1-2H3,(H,13,15,18). The number of nitrogens with one attached hydrogen (secondary N) is 1. The van der Waals surface area contributed by atoms with Gasteiger partial charge in [-0.2, -0.15) is 0 Å². The topological polar surface area (TPSA) is 141 Å². The number of anilines is 1. The van der Waals surface area contributed by atoms with Crippen LogP contribution >= 0.6 is 11.3 Å². The number of benzene rings is 1. The van der Waals surface area contributed by atoms with Crippen LogP contribution in [0.15, 0.2) is 18.2 Å². The van der Waals surface area contributed by atoms with Gasteiger partial charge in [0.15, 0.2) is 0 Å². The fourth-order valence-corrected chi connectivity index (χ4v) is 2.37. The van der Waals surface area contributed by atoms with Crippen molar-refractivity contribution in [3.63, 3.8) is 0 Å². The Morgan fingerprint density at radius 3 is 2.13 bits per heavy atom. The highest BCUT2D eigenvalue weighted by molar-refractivity contribution is 7.15. The van der Waals surface area contributed by atoms with E-state index in [0.29, 0.717) is 5.01 Å². The van der Waals surface area contributed by atoms with E-state index in [1.807, 2.05) is 13.8 Å². The second-order valence-corrected chi connectivity index (χ2v) is 5.82. The van der Waals surface area contributed by atoms with Crippen LogP contribution in [0.2, 0.25) is 0 Å². The first-order valence-electron chi connectivity index (χ1n) is 6.36. The number of aromatic nitrogens is 2. The zero-order valence-corrected chi connectivity index (χ0v) is 12.9. The van der Waals surface area contributed by atoms with Crippen molar-refractivity contribution in [2.24, 2.45) is 0 Å². The summed E-state index contributed by atoms with van der Waals surface area (Å²) in [7, 11) is 0. The molecular formula is C12H11N5O5S. The lowest BCUT2D eigenvalue weighted by molar-refractivity contribution is -0.394. The van der Waals surface area contributed by atoms with Gasteiger partial charge in [-0.05, 0) is 0 Å². The van der Waals surface area contributed by atoms with Crippen molar-refractivity contribution in [1.29, 1.82) is 0 Å². The molecule has 0 aliphatic heterocycles. The predicted molar refractivity (Wildman–Crippen MR) is 81.7 cm³/mol. The molecule has 0 aliphatic rings. The molecule has 1 heterocycles. The minimum absolute atomic E-state index is 0.136. The Bertz CT molecular complexity index is 756. The van der Waals surface area contributed by atoms with Crippen molar-refractivity contribution >= 4 is 33.8 Å². The molecule has 0 spiro atoms. The summed E-state index contributed by atoms with van der Waals surface area (Å²) >= 11 is 1.16. The Morgan fingerprint density at radius 1 is 1.13 bits per heavy atom. The molecule has 10 nitrogen and oxygen atoms in total. The average molecular weight is 337 g/mol. The summed E-state index contributed by atoms with van der Waals surface area (Å²) in [4.78, 5) is 32.2. The normalized spacial score (nSPS) is 10.6. The fourth-order valence-electron chi connectivity index (χ4n) is 1.62. The summed E-state index contributed by atoms with van der Waals surface area (Å²) < 4.78 is 0. The second kappa shape index (κ2) is 6.44. The molecule has 0 atom stereocenters. The lowest BCUT2D eigenvalue weighted by Gasteiger charge is -2.02. The molecule has 0 unspecified atom stereocenters. The minimum atomic E-state index is -0.800. The number of nitrogens with zero attached hydrogens (tertiary/aromatic N) is 4. The molecule has 0 saturated carbocycles. The van der Waals surface area contributed by atoms with E-state index in [1.165, 1.54) is 0 Å². The number of hydrogen-bond donors (Lipinski definition) is 1. The number of hydrogen-bond acceptors (Lipinski definition) is 8. The van der Waals surface area contributed by atoms with Crippen LogP contribution in [-0.4, -0.2) is 26.0 Å². The third-order valence-corrected chi connectivity index (χ3v) is 3.88. The van der Waals surface area contributed by atoms with Gasteiger partial charge in [0, 0.05) is 18.1 Å². The SMILES string of the molecule is CC(C)c1nnc(NC(=O)c2cc([N+](=O)[O-])cc([N+](=O)[O-])c2)s1.